The molecule has 2 amide bonds. The molecule has 1 fully saturated rings. The Kier molecular flexibility index (Phi) is 6.12. The predicted molar refractivity (Wildman–Crippen MR) is 89.6 cm³/mol. The summed E-state index contributed by atoms with van der Waals surface area (Å²) in [5.74, 6) is -1.21. The van der Waals surface area contributed by atoms with Crippen LogP contribution in [0.5, 0.6) is 0 Å². The average molecular weight is 318 g/mol. The summed E-state index contributed by atoms with van der Waals surface area (Å²) in [6.45, 7) is 7.18. The topological polar surface area (TPSA) is 64.7 Å². The first-order valence-corrected chi connectivity index (χ1v) is 8.13. The first-order chi connectivity index (χ1) is 11.0. The largest absolute Gasteiger partial charge is 0.341 e. The van der Waals surface area contributed by atoms with Crippen LogP contribution in [0, 0.1) is 0 Å². The van der Waals surface area contributed by atoms with E-state index in [1.807, 2.05) is 38.2 Å². The van der Waals surface area contributed by atoms with E-state index in [1.165, 1.54) is 5.56 Å². The molecule has 2 rings (SSSR count). The molecule has 6 nitrogen and oxygen atoms in total. The predicted octanol–water partition coefficient (Wildman–Crippen LogP) is 0.705. The fourth-order valence-electron chi connectivity index (χ4n) is 2.50. The third-order valence-corrected chi connectivity index (χ3v) is 4.20. The van der Waals surface area contributed by atoms with E-state index in [2.05, 4.69) is 22.6 Å². The van der Waals surface area contributed by atoms with Gasteiger partial charge in [0.05, 0.1) is 6.04 Å². The smallest absolute Gasteiger partial charge is 0.323 e. The zero-order chi connectivity index (χ0) is 16.8. The SMILES string of the molecule is CCc1ccc(C(C)NC(=O)C(=O)NN2CCN(C)CC2)cc1. The molecule has 6 heteroatoms. The Bertz CT molecular complexity index is 536. The van der Waals surface area contributed by atoms with Gasteiger partial charge in [-0.15, -0.1) is 0 Å². The monoisotopic (exact) mass is 318 g/mol. The molecule has 0 bridgehead atoms. The van der Waals surface area contributed by atoms with E-state index in [1.54, 1.807) is 5.01 Å². The van der Waals surface area contributed by atoms with E-state index in [0.717, 1.165) is 38.2 Å². The Labute approximate surface area is 137 Å². The van der Waals surface area contributed by atoms with Crippen molar-refractivity contribution < 1.29 is 9.59 Å². The van der Waals surface area contributed by atoms with Gasteiger partial charge in [-0.3, -0.25) is 15.0 Å². The molecule has 1 aliphatic heterocycles. The number of benzene rings is 1. The Morgan fingerprint density at radius 3 is 2.26 bits per heavy atom. The van der Waals surface area contributed by atoms with Crippen molar-refractivity contribution in [1.82, 2.24) is 20.7 Å². The number of piperazine rings is 1. The summed E-state index contributed by atoms with van der Waals surface area (Å²) in [5, 5.41) is 4.54. The molecule has 1 aliphatic rings. The van der Waals surface area contributed by atoms with Crippen LogP contribution in [0.4, 0.5) is 0 Å². The van der Waals surface area contributed by atoms with Crippen LogP contribution in [0.25, 0.3) is 0 Å². The molecular weight excluding hydrogens is 292 g/mol. The van der Waals surface area contributed by atoms with Crippen molar-refractivity contribution in [3.63, 3.8) is 0 Å². The number of nitrogens with zero attached hydrogens (tertiary/aromatic N) is 2. The summed E-state index contributed by atoms with van der Waals surface area (Å²) in [4.78, 5) is 26.2. The van der Waals surface area contributed by atoms with Gasteiger partial charge in [0, 0.05) is 26.2 Å². The molecule has 1 aromatic carbocycles. The Hall–Kier alpha value is -1.92. The molecule has 2 N–H and O–H groups in total. The molecule has 0 spiro atoms. The maximum Gasteiger partial charge on any atom is 0.323 e. The van der Waals surface area contributed by atoms with E-state index < -0.39 is 11.8 Å². The third kappa shape index (κ3) is 5.04. The van der Waals surface area contributed by atoms with Gasteiger partial charge >= 0.3 is 11.8 Å². The van der Waals surface area contributed by atoms with Crippen LogP contribution in [0.15, 0.2) is 24.3 Å². The lowest BCUT2D eigenvalue weighted by atomic mass is 10.1. The van der Waals surface area contributed by atoms with Crippen molar-refractivity contribution in [3.8, 4) is 0 Å². The summed E-state index contributed by atoms with van der Waals surface area (Å²) in [6, 6.07) is 7.86. The van der Waals surface area contributed by atoms with Crippen molar-refractivity contribution in [3.05, 3.63) is 35.4 Å². The van der Waals surface area contributed by atoms with Crippen LogP contribution in [0.2, 0.25) is 0 Å². The van der Waals surface area contributed by atoms with Crippen molar-refractivity contribution in [1.29, 1.82) is 0 Å². The fraction of sp³-hybridized carbons (Fsp3) is 0.529. The minimum Gasteiger partial charge on any atom is -0.341 e. The Morgan fingerprint density at radius 2 is 1.70 bits per heavy atom. The molecule has 0 aliphatic carbocycles. The van der Waals surface area contributed by atoms with Crippen LogP contribution in [-0.4, -0.2) is 54.9 Å². The number of carbonyl (C=O) groups is 2. The van der Waals surface area contributed by atoms with Gasteiger partial charge in [0.2, 0.25) is 0 Å². The third-order valence-electron chi connectivity index (χ3n) is 4.20. The van der Waals surface area contributed by atoms with Gasteiger partial charge in [0.15, 0.2) is 0 Å². The van der Waals surface area contributed by atoms with Crippen LogP contribution < -0.4 is 10.7 Å². The fourth-order valence-corrected chi connectivity index (χ4v) is 2.50. The van der Waals surface area contributed by atoms with Gasteiger partial charge in [0.25, 0.3) is 0 Å². The van der Waals surface area contributed by atoms with E-state index in [0.29, 0.717) is 0 Å². The first kappa shape index (κ1) is 17.4. The van der Waals surface area contributed by atoms with Crippen molar-refractivity contribution in [2.45, 2.75) is 26.3 Å². The normalized spacial score (nSPS) is 17.5. The van der Waals surface area contributed by atoms with Gasteiger partial charge in [-0.05, 0) is 31.5 Å². The van der Waals surface area contributed by atoms with E-state index in [-0.39, 0.29) is 6.04 Å². The molecule has 126 valence electrons. The minimum absolute atomic E-state index is 0.202. The lowest BCUT2D eigenvalue weighted by Gasteiger charge is -2.32. The highest BCUT2D eigenvalue weighted by atomic mass is 16.2. The quantitative estimate of drug-likeness (QED) is 0.803. The highest BCUT2D eigenvalue weighted by molar-refractivity contribution is 6.35. The van der Waals surface area contributed by atoms with E-state index in [4.69, 9.17) is 0 Å². The molecule has 1 aromatic rings. The maximum absolute atomic E-state index is 12.0. The second-order valence-corrected chi connectivity index (χ2v) is 6.02. The van der Waals surface area contributed by atoms with Crippen LogP contribution in [0.3, 0.4) is 0 Å². The number of nitrogens with one attached hydrogen (secondary N) is 2. The lowest BCUT2D eigenvalue weighted by Crippen LogP contribution is -2.55. The maximum atomic E-state index is 12.0. The summed E-state index contributed by atoms with van der Waals surface area (Å²) in [5.41, 5.74) is 4.91. The lowest BCUT2D eigenvalue weighted by molar-refractivity contribution is -0.143. The highest BCUT2D eigenvalue weighted by Gasteiger charge is 2.21. The number of carbonyl (C=O) groups excluding carboxylic acids is 2. The highest BCUT2D eigenvalue weighted by Crippen LogP contribution is 2.13. The minimum atomic E-state index is -0.605. The second kappa shape index (κ2) is 8.08. The molecule has 0 radical (unpaired) electrons. The number of rotatable bonds is 4. The summed E-state index contributed by atoms with van der Waals surface area (Å²) in [6.07, 6.45) is 0.981. The van der Waals surface area contributed by atoms with Gasteiger partial charge in [-0.2, -0.15) is 0 Å². The number of hydrogen-bond donors (Lipinski definition) is 2. The number of hydrazine groups is 1. The van der Waals surface area contributed by atoms with Gasteiger partial charge < -0.3 is 10.2 Å². The second-order valence-electron chi connectivity index (χ2n) is 6.02. The number of aryl methyl sites for hydroxylation is 1. The Balaban J connectivity index is 1.83. The van der Waals surface area contributed by atoms with Gasteiger partial charge in [-0.25, -0.2) is 5.01 Å². The van der Waals surface area contributed by atoms with Gasteiger partial charge in [0.1, 0.15) is 0 Å². The molecule has 1 unspecified atom stereocenters. The molecule has 0 saturated carbocycles. The number of hydrogen-bond acceptors (Lipinski definition) is 4. The molecule has 1 saturated heterocycles. The van der Waals surface area contributed by atoms with E-state index >= 15 is 0 Å². The number of likely N-dealkylation sites (N-methyl/N-ethyl adjacent to an activating group) is 1. The van der Waals surface area contributed by atoms with Crippen LogP contribution in [-0.2, 0) is 16.0 Å². The molecule has 23 heavy (non-hydrogen) atoms. The average Bonchev–Trinajstić information content (AvgIpc) is 2.56. The van der Waals surface area contributed by atoms with Crippen molar-refractivity contribution in [2.24, 2.45) is 0 Å². The van der Waals surface area contributed by atoms with Gasteiger partial charge in [-0.1, -0.05) is 31.2 Å². The molecular formula is C17H26N4O2. The zero-order valence-electron chi connectivity index (χ0n) is 14.1. The molecule has 0 aromatic heterocycles. The van der Waals surface area contributed by atoms with Crippen LogP contribution in [0.1, 0.15) is 31.0 Å². The summed E-state index contributed by atoms with van der Waals surface area (Å²) < 4.78 is 0. The molecule has 1 heterocycles. The summed E-state index contributed by atoms with van der Waals surface area (Å²) >= 11 is 0. The van der Waals surface area contributed by atoms with Crippen LogP contribution >= 0.6 is 0 Å². The van der Waals surface area contributed by atoms with Crippen molar-refractivity contribution >= 4 is 11.8 Å². The molecule has 1 atom stereocenters. The van der Waals surface area contributed by atoms with E-state index in [9.17, 15) is 9.59 Å². The number of amides is 2. The standard InChI is InChI=1S/C17H26N4O2/c1-4-14-5-7-15(8-6-14)13(2)18-16(22)17(23)19-21-11-9-20(3)10-12-21/h5-8,13H,4,9-12H2,1-3H3,(H,18,22)(H,19,23). The van der Waals surface area contributed by atoms with Crippen molar-refractivity contribution in [2.75, 3.05) is 33.2 Å². The summed E-state index contributed by atoms with van der Waals surface area (Å²) in [7, 11) is 2.04. The zero-order valence-corrected chi connectivity index (χ0v) is 14.1. The Morgan fingerprint density at radius 1 is 1.09 bits per heavy atom. The first-order valence-electron chi connectivity index (χ1n) is 8.13.